The molecule has 0 aliphatic carbocycles. The first-order chi connectivity index (χ1) is 7.37. The number of amides is 1. The molecule has 0 spiro atoms. The SMILES string of the molecule is CN(C(=O)OC(C)(C)C)C1CC2CCC1N2. The van der Waals surface area contributed by atoms with Gasteiger partial charge in [0.1, 0.15) is 5.60 Å². The summed E-state index contributed by atoms with van der Waals surface area (Å²) in [7, 11) is 1.85. The molecule has 4 nitrogen and oxygen atoms in total. The first kappa shape index (κ1) is 11.7. The molecular weight excluding hydrogens is 204 g/mol. The molecule has 16 heavy (non-hydrogen) atoms. The van der Waals surface area contributed by atoms with Crippen LogP contribution in [-0.4, -0.2) is 41.8 Å². The van der Waals surface area contributed by atoms with Gasteiger partial charge in [0, 0.05) is 19.1 Å². The van der Waals surface area contributed by atoms with Gasteiger partial charge in [-0.15, -0.1) is 0 Å². The van der Waals surface area contributed by atoms with Gasteiger partial charge in [0.15, 0.2) is 0 Å². The quantitative estimate of drug-likeness (QED) is 0.740. The van der Waals surface area contributed by atoms with E-state index < -0.39 is 5.60 Å². The van der Waals surface area contributed by atoms with E-state index in [1.54, 1.807) is 4.90 Å². The van der Waals surface area contributed by atoms with Gasteiger partial charge in [-0.3, -0.25) is 0 Å². The molecule has 0 aromatic heterocycles. The molecule has 2 bridgehead atoms. The number of hydrogen-bond donors (Lipinski definition) is 1. The first-order valence-corrected chi connectivity index (χ1v) is 6.09. The summed E-state index contributed by atoms with van der Waals surface area (Å²) in [6.45, 7) is 5.70. The van der Waals surface area contributed by atoms with E-state index in [0.29, 0.717) is 18.1 Å². The number of fused-ring (bicyclic) bond motifs is 2. The van der Waals surface area contributed by atoms with E-state index in [9.17, 15) is 4.79 Å². The van der Waals surface area contributed by atoms with Crippen LogP contribution < -0.4 is 5.32 Å². The fourth-order valence-corrected chi connectivity index (χ4v) is 2.69. The van der Waals surface area contributed by atoms with Gasteiger partial charge in [-0.2, -0.15) is 0 Å². The molecule has 0 aromatic rings. The zero-order valence-corrected chi connectivity index (χ0v) is 10.6. The Morgan fingerprint density at radius 1 is 1.38 bits per heavy atom. The number of nitrogens with zero attached hydrogens (tertiary/aromatic N) is 1. The topological polar surface area (TPSA) is 41.6 Å². The summed E-state index contributed by atoms with van der Waals surface area (Å²) in [5.41, 5.74) is -0.406. The zero-order valence-electron chi connectivity index (χ0n) is 10.6. The molecule has 3 unspecified atom stereocenters. The van der Waals surface area contributed by atoms with Crippen molar-refractivity contribution < 1.29 is 9.53 Å². The van der Waals surface area contributed by atoms with Crippen LogP contribution >= 0.6 is 0 Å². The Hall–Kier alpha value is -0.770. The Balaban J connectivity index is 1.92. The predicted octanol–water partition coefficient (Wildman–Crippen LogP) is 1.75. The molecule has 2 saturated heterocycles. The van der Waals surface area contributed by atoms with Crippen molar-refractivity contribution in [2.75, 3.05) is 7.05 Å². The van der Waals surface area contributed by atoms with Crippen molar-refractivity contribution >= 4 is 6.09 Å². The molecule has 3 atom stereocenters. The molecule has 4 heteroatoms. The lowest BCUT2D eigenvalue weighted by Crippen LogP contribution is -2.46. The van der Waals surface area contributed by atoms with Gasteiger partial charge >= 0.3 is 6.09 Å². The molecule has 2 rings (SSSR count). The lowest BCUT2D eigenvalue weighted by molar-refractivity contribution is 0.0200. The highest BCUT2D eigenvalue weighted by Crippen LogP contribution is 2.31. The van der Waals surface area contributed by atoms with Gasteiger partial charge in [-0.25, -0.2) is 4.79 Å². The maximum atomic E-state index is 11.9. The molecule has 1 N–H and O–H groups in total. The van der Waals surface area contributed by atoms with Crippen molar-refractivity contribution in [3.63, 3.8) is 0 Å². The highest BCUT2D eigenvalue weighted by molar-refractivity contribution is 5.68. The number of rotatable bonds is 1. The number of carbonyl (C=O) groups excluding carboxylic acids is 1. The van der Waals surface area contributed by atoms with Crippen LogP contribution in [0.3, 0.4) is 0 Å². The van der Waals surface area contributed by atoms with E-state index in [0.717, 1.165) is 6.42 Å². The summed E-state index contributed by atoms with van der Waals surface area (Å²) in [5.74, 6) is 0. The minimum absolute atomic E-state index is 0.202. The van der Waals surface area contributed by atoms with E-state index in [1.807, 2.05) is 27.8 Å². The van der Waals surface area contributed by atoms with E-state index in [-0.39, 0.29) is 6.09 Å². The Labute approximate surface area is 97.3 Å². The summed E-state index contributed by atoms with van der Waals surface area (Å²) < 4.78 is 5.38. The van der Waals surface area contributed by atoms with Crippen molar-refractivity contribution in [2.45, 2.75) is 63.8 Å². The smallest absolute Gasteiger partial charge is 0.410 e. The number of carbonyl (C=O) groups is 1. The second-order valence-corrected chi connectivity index (χ2v) is 5.94. The summed E-state index contributed by atoms with van der Waals surface area (Å²) in [6, 6.07) is 1.40. The molecule has 92 valence electrons. The van der Waals surface area contributed by atoms with Crippen molar-refractivity contribution in [3.8, 4) is 0 Å². The van der Waals surface area contributed by atoms with Crippen LogP contribution in [0.25, 0.3) is 0 Å². The summed E-state index contributed by atoms with van der Waals surface area (Å²) in [6.07, 6.45) is 3.30. The first-order valence-electron chi connectivity index (χ1n) is 6.09. The minimum atomic E-state index is -0.406. The van der Waals surface area contributed by atoms with Gasteiger partial charge < -0.3 is 15.0 Å². The van der Waals surface area contributed by atoms with Gasteiger partial charge in [0.2, 0.25) is 0 Å². The van der Waals surface area contributed by atoms with Crippen LogP contribution in [0.1, 0.15) is 40.0 Å². The molecule has 0 radical (unpaired) electrons. The van der Waals surface area contributed by atoms with Crippen LogP contribution in [0.2, 0.25) is 0 Å². The Bertz CT molecular complexity index is 285. The maximum Gasteiger partial charge on any atom is 0.410 e. The Morgan fingerprint density at radius 2 is 2.06 bits per heavy atom. The number of ether oxygens (including phenoxy) is 1. The van der Waals surface area contributed by atoms with Crippen molar-refractivity contribution in [1.29, 1.82) is 0 Å². The highest BCUT2D eigenvalue weighted by Gasteiger charge is 2.43. The standard InChI is InChI=1S/C12H22N2O2/c1-12(2,3)16-11(15)14(4)10-7-8-5-6-9(10)13-8/h8-10,13H,5-7H2,1-4H3. The molecule has 2 fully saturated rings. The molecule has 1 amide bonds. The lowest BCUT2D eigenvalue weighted by atomic mass is 9.95. The number of nitrogens with one attached hydrogen (secondary N) is 1. The predicted molar refractivity (Wildman–Crippen MR) is 62.3 cm³/mol. The van der Waals surface area contributed by atoms with Crippen molar-refractivity contribution in [2.24, 2.45) is 0 Å². The monoisotopic (exact) mass is 226 g/mol. The molecular formula is C12H22N2O2. The number of hydrogen-bond acceptors (Lipinski definition) is 3. The van der Waals surface area contributed by atoms with Crippen LogP contribution in [0, 0.1) is 0 Å². The van der Waals surface area contributed by atoms with Crippen LogP contribution in [0.5, 0.6) is 0 Å². The minimum Gasteiger partial charge on any atom is -0.444 e. The molecule has 0 saturated carbocycles. The van der Waals surface area contributed by atoms with Gasteiger partial charge in [0.25, 0.3) is 0 Å². The zero-order chi connectivity index (χ0) is 11.9. The largest absolute Gasteiger partial charge is 0.444 e. The third kappa shape index (κ3) is 2.32. The lowest BCUT2D eigenvalue weighted by Gasteiger charge is -2.32. The molecule has 2 aliphatic heterocycles. The third-order valence-corrected chi connectivity index (χ3v) is 3.45. The third-order valence-electron chi connectivity index (χ3n) is 3.45. The number of likely N-dealkylation sites (N-methyl/N-ethyl adjacent to an activating group) is 1. The molecule has 2 heterocycles. The summed E-state index contributed by atoms with van der Waals surface area (Å²) >= 11 is 0. The Morgan fingerprint density at radius 3 is 2.50 bits per heavy atom. The normalized spacial score (nSPS) is 32.9. The summed E-state index contributed by atoms with van der Waals surface area (Å²) in [5, 5.41) is 3.53. The van der Waals surface area contributed by atoms with Crippen LogP contribution in [-0.2, 0) is 4.74 Å². The Kier molecular flexibility index (Phi) is 2.86. The van der Waals surface area contributed by atoms with E-state index >= 15 is 0 Å². The van der Waals surface area contributed by atoms with Crippen LogP contribution in [0.15, 0.2) is 0 Å². The fourth-order valence-electron chi connectivity index (χ4n) is 2.69. The maximum absolute atomic E-state index is 11.9. The van der Waals surface area contributed by atoms with Gasteiger partial charge in [-0.1, -0.05) is 0 Å². The van der Waals surface area contributed by atoms with Gasteiger partial charge in [-0.05, 0) is 40.0 Å². The van der Waals surface area contributed by atoms with Crippen molar-refractivity contribution in [1.82, 2.24) is 10.2 Å². The van der Waals surface area contributed by atoms with Crippen LogP contribution in [0.4, 0.5) is 4.79 Å². The summed E-state index contributed by atoms with van der Waals surface area (Å²) in [4.78, 5) is 13.7. The van der Waals surface area contributed by atoms with E-state index in [2.05, 4.69) is 5.32 Å². The van der Waals surface area contributed by atoms with Gasteiger partial charge in [0.05, 0.1) is 6.04 Å². The molecule has 0 aromatic carbocycles. The average Bonchev–Trinajstić information content (AvgIpc) is 2.74. The second-order valence-electron chi connectivity index (χ2n) is 5.94. The fraction of sp³-hybridized carbons (Fsp3) is 0.917. The molecule has 2 aliphatic rings. The van der Waals surface area contributed by atoms with E-state index in [1.165, 1.54) is 12.8 Å². The highest BCUT2D eigenvalue weighted by atomic mass is 16.6. The second kappa shape index (κ2) is 3.91. The van der Waals surface area contributed by atoms with E-state index in [4.69, 9.17) is 4.74 Å². The van der Waals surface area contributed by atoms with Crippen molar-refractivity contribution in [3.05, 3.63) is 0 Å². The average molecular weight is 226 g/mol.